The van der Waals surface area contributed by atoms with Crippen molar-refractivity contribution < 1.29 is 0 Å². The molecular formula is C13H9N3O2. The molecular weight excluding hydrogens is 230 g/mol. The van der Waals surface area contributed by atoms with Gasteiger partial charge >= 0.3 is 0 Å². The summed E-state index contributed by atoms with van der Waals surface area (Å²) < 4.78 is 0. The van der Waals surface area contributed by atoms with Crippen molar-refractivity contribution in [1.82, 2.24) is 4.98 Å². The largest absolute Gasteiger partial charge is 0.394 e. The van der Waals surface area contributed by atoms with Gasteiger partial charge in [-0.2, -0.15) is 0 Å². The minimum atomic E-state index is -0.634. The molecule has 0 saturated heterocycles. The van der Waals surface area contributed by atoms with Gasteiger partial charge in [0.05, 0.1) is 11.2 Å². The van der Waals surface area contributed by atoms with Gasteiger partial charge in [0.25, 0.3) is 10.9 Å². The number of nitrogens with zero attached hydrogens (tertiary/aromatic N) is 1. The maximum Gasteiger partial charge on any atom is 0.253 e. The summed E-state index contributed by atoms with van der Waals surface area (Å²) in [4.78, 5) is 26.6. The molecule has 0 atom stereocenters. The molecule has 1 aromatic heterocycles. The highest BCUT2D eigenvalue weighted by molar-refractivity contribution is 5.93. The number of para-hydroxylation sites is 1. The monoisotopic (exact) mass is 239 g/mol. The molecule has 5 nitrogen and oxygen atoms in total. The zero-order valence-corrected chi connectivity index (χ0v) is 9.31. The Balaban J connectivity index is 2.12. The molecule has 0 unspecified atom stereocenters. The Morgan fingerprint density at radius 2 is 1.83 bits per heavy atom. The van der Waals surface area contributed by atoms with Gasteiger partial charge in [0.1, 0.15) is 11.4 Å². The molecule has 3 aromatic rings. The Morgan fingerprint density at radius 1 is 1.06 bits per heavy atom. The van der Waals surface area contributed by atoms with Crippen LogP contribution in [0.5, 0.6) is 0 Å². The summed E-state index contributed by atoms with van der Waals surface area (Å²) >= 11 is 0. The Labute approximate surface area is 102 Å². The van der Waals surface area contributed by atoms with Crippen LogP contribution >= 0.6 is 0 Å². The number of rotatable bonds is 2. The van der Waals surface area contributed by atoms with Crippen molar-refractivity contribution in [2.24, 2.45) is 0 Å². The van der Waals surface area contributed by atoms with Crippen LogP contribution in [0.25, 0.3) is 10.9 Å². The first-order chi connectivity index (χ1) is 8.68. The highest BCUT2D eigenvalue weighted by Crippen LogP contribution is 2.25. The van der Waals surface area contributed by atoms with Crippen LogP contribution in [-0.4, -0.2) is 4.98 Å². The van der Waals surface area contributed by atoms with Gasteiger partial charge in [-0.3, -0.25) is 14.6 Å². The molecule has 88 valence electrons. The van der Waals surface area contributed by atoms with Crippen molar-refractivity contribution in [2.45, 2.75) is 0 Å². The zero-order chi connectivity index (χ0) is 12.7. The van der Waals surface area contributed by atoms with Crippen LogP contribution in [0, 0.1) is 0 Å². The summed E-state index contributed by atoms with van der Waals surface area (Å²) in [5.74, 6) is 0. The van der Waals surface area contributed by atoms with E-state index in [1.807, 2.05) is 24.3 Å². The molecule has 0 radical (unpaired) electrons. The van der Waals surface area contributed by atoms with E-state index in [-0.39, 0.29) is 11.4 Å². The summed E-state index contributed by atoms with van der Waals surface area (Å²) in [6, 6.07) is 9.29. The van der Waals surface area contributed by atoms with Crippen molar-refractivity contribution >= 4 is 28.0 Å². The fraction of sp³-hybridized carbons (Fsp3) is 0. The van der Waals surface area contributed by atoms with Crippen molar-refractivity contribution in [3.05, 3.63) is 57.0 Å². The van der Waals surface area contributed by atoms with E-state index >= 15 is 0 Å². The summed E-state index contributed by atoms with van der Waals surface area (Å²) in [6.45, 7) is 0. The van der Waals surface area contributed by atoms with Crippen LogP contribution < -0.4 is 21.9 Å². The molecule has 0 bridgehead atoms. The van der Waals surface area contributed by atoms with Crippen LogP contribution in [0.15, 0.2) is 46.1 Å². The standard InChI is InChI=1S/C13H9N3O2/c14-9-11(13(18)12(9)17)16-8-5-1-3-7-4-2-6-15-10(7)8/h1-6,16H,14H2. The molecule has 0 amide bonds. The normalized spacial score (nSPS) is 10.9. The van der Waals surface area contributed by atoms with Crippen LogP contribution in [0.4, 0.5) is 17.1 Å². The van der Waals surface area contributed by atoms with E-state index in [1.165, 1.54) is 0 Å². The average Bonchev–Trinajstić information content (AvgIpc) is 2.43. The zero-order valence-electron chi connectivity index (χ0n) is 9.31. The minimum absolute atomic E-state index is 0.0204. The average molecular weight is 239 g/mol. The quantitative estimate of drug-likeness (QED) is 0.655. The number of pyridine rings is 1. The highest BCUT2D eigenvalue weighted by atomic mass is 16.2. The lowest BCUT2D eigenvalue weighted by molar-refractivity contribution is 1.37. The van der Waals surface area contributed by atoms with Crippen molar-refractivity contribution in [3.63, 3.8) is 0 Å². The van der Waals surface area contributed by atoms with Gasteiger partial charge in [-0.05, 0) is 12.1 Å². The van der Waals surface area contributed by atoms with Crippen LogP contribution in [-0.2, 0) is 0 Å². The lowest BCUT2D eigenvalue weighted by Gasteiger charge is -2.11. The number of fused-ring (bicyclic) bond motifs is 1. The van der Waals surface area contributed by atoms with Gasteiger partial charge in [0.15, 0.2) is 0 Å². The van der Waals surface area contributed by atoms with Crippen molar-refractivity contribution in [1.29, 1.82) is 0 Å². The molecule has 0 spiro atoms. The number of anilines is 3. The van der Waals surface area contributed by atoms with E-state index in [4.69, 9.17) is 5.73 Å². The van der Waals surface area contributed by atoms with E-state index in [0.29, 0.717) is 5.69 Å². The maximum absolute atomic E-state index is 11.3. The Kier molecular flexibility index (Phi) is 2.13. The van der Waals surface area contributed by atoms with Crippen molar-refractivity contribution in [2.75, 3.05) is 11.1 Å². The molecule has 3 N–H and O–H groups in total. The number of benzene rings is 1. The predicted molar refractivity (Wildman–Crippen MR) is 70.8 cm³/mol. The van der Waals surface area contributed by atoms with E-state index in [0.717, 1.165) is 10.9 Å². The molecule has 0 aliphatic heterocycles. The molecule has 0 saturated carbocycles. The van der Waals surface area contributed by atoms with E-state index in [2.05, 4.69) is 10.3 Å². The molecule has 5 heteroatoms. The Hall–Kier alpha value is -2.69. The number of nitrogens with one attached hydrogen (secondary N) is 1. The van der Waals surface area contributed by atoms with E-state index in [9.17, 15) is 9.59 Å². The Morgan fingerprint density at radius 3 is 2.61 bits per heavy atom. The number of nitrogen functional groups attached to an aromatic ring is 1. The van der Waals surface area contributed by atoms with Gasteiger partial charge in [-0.15, -0.1) is 0 Å². The summed E-state index contributed by atoms with van der Waals surface area (Å²) in [6.07, 6.45) is 1.67. The highest BCUT2D eigenvalue weighted by Gasteiger charge is 2.18. The summed E-state index contributed by atoms with van der Waals surface area (Å²) in [5, 5.41) is 3.82. The Bertz CT molecular complexity index is 811. The van der Waals surface area contributed by atoms with E-state index in [1.54, 1.807) is 12.3 Å². The predicted octanol–water partition coefficient (Wildman–Crippen LogP) is 1.16. The number of hydrogen-bond donors (Lipinski definition) is 2. The van der Waals surface area contributed by atoms with Gasteiger partial charge in [-0.1, -0.05) is 18.2 Å². The molecule has 2 aromatic carbocycles. The van der Waals surface area contributed by atoms with Gasteiger partial charge in [0.2, 0.25) is 0 Å². The fourth-order valence-electron chi connectivity index (χ4n) is 1.87. The topological polar surface area (TPSA) is 85.1 Å². The second-order valence-electron chi connectivity index (χ2n) is 3.95. The first-order valence-corrected chi connectivity index (χ1v) is 5.38. The van der Waals surface area contributed by atoms with Crippen molar-refractivity contribution in [3.8, 4) is 0 Å². The first kappa shape index (κ1) is 10.5. The second-order valence-corrected chi connectivity index (χ2v) is 3.95. The lowest BCUT2D eigenvalue weighted by Crippen LogP contribution is -2.36. The molecule has 0 aliphatic carbocycles. The smallest absolute Gasteiger partial charge is 0.253 e. The third-order valence-corrected chi connectivity index (χ3v) is 2.84. The molecule has 3 rings (SSSR count). The number of aromatic nitrogens is 1. The van der Waals surface area contributed by atoms with Gasteiger partial charge in [0, 0.05) is 11.6 Å². The van der Waals surface area contributed by atoms with Crippen LogP contribution in [0.3, 0.4) is 0 Å². The molecule has 1 heterocycles. The third kappa shape index (κ3) is 1.37. The summed E-state index contributed by atoms with van der Waals surface area (Å²) in [5.41, 5.74) is 5.78. The van der Waals surface area contributed by atoms with Crippen LogP contribution in [0.2, 0.25) is 0 Å². The van der Waals surface area contributed by atoms with Crippen LogP contribution in [0.1, 0.15) is 0 Å². The van der Waals surface area contributed by atoms with Gasteiger partial charge < -0.3 is 11.1 Å². The fourth-order valence-corrected chi connectivity index (χ4v) is 1.87. The number of hydrogen-bond acceptors (Lipinski definition) is 5. The lowest BCUT2D eigenvalue weighted by atomic mass is 10.1. The molecule has 0 aliphatic rings. The maximum atomic E-state index is 11.3. The summed E-state index contributed by atoms with van der Waals surface area (Å²) in [7, 11) is 0. The van der Waals surface area contributed by atoms with E-state index < -0.39 is 10.9 Å². The SMILES string of the molecule is Nc1c(Nc2cccc3cccnc23)c(=O)c1=O. The number of nitrogens with two attached hydrogens (primary N) is 1. The second kappa shape index (κ2) is 3.66. The minimum Gasteiger partial charge on any atom is -0.394 e. The third-order valence-electron chi connectivity index (χ3n) is 2.84. The molecule has 18 heavy (non-hydrogen) atoms. The first-order valence-electron chi connectivity index (χ1n) is 5.38. The van der Waals surface area contributed by atoms with Gasteiger partial charge in [-0.25, -0.2) is 0 Å². The molecule has 0 fully saturated rings.